The molecule has 3 aliphatic heterocycles. The molecule has 0 spiro atoms. The molecule has 2 N–H and O–H groups in total. The van der Waals surface area contributed by atoms with Gasteiger partial charge >= 0.3 is 0 Å². The predicted molar refractivity (Wildman–Crippen MR) is 167 cm³/mol. The summed E-state index contributed by atoms with van der Waals surface area (Å²) in [6.07, 6.45) is 2.52. The summed E-state index contributed by atoms with van der Waals surface area (Å²) in [4.78, 5) is 2.37. The summed E-state index contributed by atoms with van der Waals surface area (Å²) in [6, 6.07) is 17.4. The first-order chi connectivity index (χ1) is 21.3. The molecule has 0 bridgehead atoms. The second-order valence-electron chi connectivity index (χ2n) is 11.9. The van der Waals surface area contributed by atoms with Crippen LogP contribution < -0.4 is 4.74 Å². The number of benzene rings is 3. The number of hydrogen-bond acceptors (Lipinski definition) is 7. The molecule has 0 radical (unpaired) electrons. The highest BCUT2D eigenvalue weighted by molar-refractivity contribution is 7.99. The molecule has 3 aliphatic rings. The molecule has 0 aromatic heterocycles. The molecule has 3 aromatic rings. The first-order valence-corrected chi connectivity index (χ1v) is 16.8. The van der Waals surface area contributed by atoms with Crippen molar-refractivity contribution in [2.45, 2.75) is 74.1 Å². The minimum absolute atomic E-state index is 0.0627. The SMILES string of the molecule is CSC1CC(O)[C@@H](O)[C@H](c2ccc(Cl)c(Cc3ccc(OC4CCN(C5CCC(c6cc(F)ccc6F)OC5)C4)cc3)c2)O1. The number of aliphatic hydroxyl groups excluding tert-OH is 2. The van der Waals surface area contributed by atoms with Gasteiger partial charge in [0.05, 0.1) is 18.8 Å². The van der Waals surface area contributed by atoms with Crippen molar-refractivity contribution in [3.63, 3.8) is 0 Å². The van der Waals surface area contributed by atoms with Crippen molar-refractivity contribution < 1.29 is 33.2 Å². The van der Waals surface area contributed by atoms with E-state index >= 15 is 0 Å². The van der Waals surface area contributed by atoms with Crippen molar-refractivity contribution in [1.29, 1.82) is 0 Å². The van der Waals surface area contributed by atoms with Crippen molar-refractivity contribution in [2.24, 2.45) is 0 Å². The molecule has 10 heteroatoms. The number of thioether (sulfide) groups is 1. The zero-order valence-corrected chi connectivity index (χ0v) is 26.2. The Kier molecular flexibility index (Phi) is 10.1. The van der Waals surface area contributed by atoms with Gasteiger partial charge in [-0.15, -0.1) is 11.8 Å². The fourth-order valence-corrected chi connectivity index (χ4v) is 7.29. The predicted octanol–water partition coefficient (Wildman–Crippen LogP) is 6.45. The molecule has 5 unspecified atom stereocenters. The summed E-state index contributed by atoms with van der Waals surface area (Å²) in [7, 11) is 0. The summed E-state index contributed by atoms with van der Waals surface area (Å²) in [5, 5.41) is 21.6. The van der Waals surface area contributed by atoms with Gasteiger partial charge in [0.15, 0.2) is 0 Å². The van der Waals surface area contributed by atoms with Gasteiger partial charge in [-0.1, -0.05) is 35.9 Å². The van der Waals surface area contributed by atoms with Gasteiger partial charge in [-0.05, 0) is 85.0 Å². The highest BCUT2D eigenvalue weighted by Crippen LogP contribution is 2.37. The van der Waals surface area contributed by atoms with Crippen LogP contribution >= 0.6 is 23.4 Å². The van der Waals surface area contributed by atoms with Gasteiger partial charge in [0, 0.05) is 36.1 Å². The maximum Gasteiger partial charge on any atom is 0.129 e. The van der Waals surface area contributed by atoms with Crippen LogP contribution in [0.5, 0.6) is 5.75 Å². The summed E-state index contributed by atoms with van der Waals surface area (Å²) in [5.41, 5.74) is 2.89. The fourth-order valence-electron chi connectivity index (χ4n) is 6.48. The number of hydrogen-bond donors (Lipinski definition) is 2. The second-order valence-corrected chi connectivity index (χ2v) is 13.3. The van der Waals surface area contributed by atoms with Crippen LogP contribution in [0.2, 0.25) is 5.02 Å². The molecule has 6 nitrogen and oxygen atoms in total. The maximum absolute atomic E-state index is 14.2. The average Bonchev–Trinajstić information content (AvgIpc) is 3.50. The quantitative estimate of drug-likeness (QED) is 0.292. The molecule has 3 saturated heterocycles. The van der Waals surface area contributed by atoms with Crippen LogP contribution in [0, 0.1) is 11.6 Å². The van der Waals surface area contributed by atoms with Gasteiger partial charge in [-0.2, -0.15) is 0 Å². The van der Waals surface area contributed by atoms with E-state index in [4.69, 9.17) is 25.8 Å². The third kappa shape index (κ3) is 7.25. The molecular formula is C34H38ClF2NO5S. The first kappa shape index (κ1) is 31.7. The Labute approximate surface area is 266 Å². The van der Waals surface area contributed by atoms with Gasteiger partial charge in [0.25, 0.3) is 0 Å². The molecular weight excluding hydrogens is 608 g/mol. The molecule has 7 atom stereocenters. The number of halogens is 3. The molecule has 0 aliphatic carbocycles. The normalized spacial score (nSPS) is 29.5. The Morgan fingerprint density at radius 1 is 1.02 bits per heavy atom. The average molecular weight is 646 g/mol. The minimum Gasteiger partial charge on any atom is -0.489 e. The lowest BCUT2D eigenvalue weighted by Crippen LogP contribution is -2.42. The number of rotatable bonds is 8. The van der Waals surface area contributed by atoms with E-state index in [1.165, 1.54) is 17.8 Å². The number of nitrogens with zero attached hydrogens (tertiary/aromatic N) is 1. The van der Waals surface area contributed by atoms with Gasteiger partial charge in [0.2, 0.25) is 0 Å². The van der Waals surface area contributed by atoms with E-state index in [0.717, 1.165) is 60.5 Å². The highest BCUT2D eigenvalue weighted by atomic mass is 35.5. The van der Waals surface area contributed by atoms with Crippen molar-refractivity contribution in [3.05, 3.63) is 99.6 Å². The van der Waals surface area contributed by atoms with Crippen LogP contribution in [-0.4, -0.2) is 70.9 Å². The standard InChI is InChI=1S/C34H38ClF2NO5S/c1-44-32-17-30(39)33(40)34(43-32)21-4-9-28(35)22(15-21)14-20-2-7-25(8-3-20)42-26-12-13-38(18-26)24-6-11-31(41-19-24)27-16-23(36)5-10-29(27)37/h2-5,7-10,15-16,24,26,30-34,39-40H,6,11-14,17-19H2,1H3/t24?,26?,30?,31?,32?,33-,34+/m1/s1. The molecule has 3 heterocycles. The Morgan fingerprint density at radius 3 is 2.59 bits per heavy atom. The van der Waals surface area contributed by atoms with E-state index < -0.39 is 36.1 Å². The second kappa shape index (κ2) is 14.0. The number of likely N-dealkylation sites (tertiary alicyclic amines) is 1. The molecule has 44 heavy (non-hydrogen) atoms. The summed E-state index contributed by atoms with van der Waals surface area (Å²) >= 11 is 8.07. The monoisotopic (exact) mass is 645 g/mol. The molecule has 6 rings (SSSR count). The number of ether oxygens (including phenoxy) is 3. The molecule has 3 aromatic carbocycles. The zero-order chi connectivity index (χ0) is 30.8. The zero-order valence-electron chi connectivity index (χ0n) is 24.6. The van der Waals surface area contributed by atoms with E-state index in [-0.39, 0.29) is 17.6 Å². The molecule has 0 saturated carbocycles. The van der Waals surface area contributed by atoms with Gasteiger partial charge in [-0.3, -0.25) is 4.90 Å². The van der Waals surface area contributed by atoms with Gasteiger partial charge in [-0.25, -0.2) is 8.78 Å². The Bertz CT molecular complexity index is 1420. The van der Waals surface area contributed by atoms with Crippen LogP contribution in [0.3, 0.4) is 0 Å². The highest BCUT2D eigenvalue weighted by Gasteiger charge is 2.38. The summed E-state index contributed by atoms with van der Waals surface area (Å²) < 4.78 is 46.2. The van der Waals surface area contributed by atoms with E-state index in [1.807, 2.05) is 48.7 Å². The lowest BCUT2D eigenvalue weighted by atomic mass is 9.93. The third-order valence-corrected chi connectivity index (χ3v) is 10.2. The lowest BCUT2D eigenvalue weighted by Gasteiger charge is -2.37. The van der Waals surface area contributed by atoms with Crippen LogP contribution in [-0.2, 0) is 15.9 Å². The first-order valence-electron chi connectivity index (χ1n) is 15.2. The minimum atomic E-state index is -0.997. The Balaban J connectivity index is 1.01. The smallest absolute Gasteiger partial charge is 0.129 e. The van der Waals surface area contributed by atoms with Crippen molar-refractivity contribution in [1.82, 2.24) is 4.90 Å². The van der Waals surface area contributed by atoms with Crippen LogP contribution in [0.25, 0.3) is 0 Å². The van der Waals surface area contributed by atoms with Crippen molar-refractivity contribution in [2.75, 3.05) is 26.0 Å². The third-order valence-electron chi connectivity index (χ3n) is 8.97. The van der Waals surface area contributed by atoms with Crippen molar-refractivity contribution >= 4 is 23.4 Å². The Morgan fingerprint density at radius 2 is 1.84 bits per heavy atom. The Hall–Kier alpha value is -2.24. The van der Waals surface area contributed by atoms with Crippen LogP contribution in [0.1, 0.15) is 60.1 Å². The topological polar surface area (TPSA) is 71.4 Å². The summed E-state index contributed by atoms with van der Waals surface area (Å²) in [6.45, 7) is 2.17. The van der Waals surface area contributed by atoms with Crippen LogP contribution in [0.4, 0.5) is 8.78 Å². The van der Waals surface area contributed by atoms with Crippen molar-refractivity contribution in [3.8, 4) is 5.75 Å². The van der Waals surface area contributed by atoms with Gasteiger partial charge in [0.1, 0.15) is 41.1 Å². The van der Waals surface area contributed by atoms with Gasteiger partial charge < -0.3 is 24.4 Å². The van der Waals surface area contributed by atoms with E-state index in [9.17, 15) is 19.0 Å². The van der Waals surface area contributed by atoms with E-state index in [0.29, 0.717) is 36.5 Å². The fraction of sp³-hybridized carbons (Fsp3) is 0.471. The maximum atomic E-state index is 14.2. The summed E-state index contributed by atoms with van der Waals surface area (Å²) in [5.74, 6) is -0.0713. The largest absolute Gasteiger partial charge is 0.489 e. The number of aliphatic hydroxyl groups is 2. The molecule has 236 valence electrons. The molecule has 0 amide bonds. The van der Waals surface area contributed by atoms with Crippen LogP contribution in [0.15, 0.2) is 60.7 Å². The van der Waals surface area contributed by atoms with E-state index in [2.05, 4.69) is 4.90 Å². The van der Waals surface area contributed by atoms with E-state index in [1.54, 1.807) is 0 Å². The molecule has 3 fully saturated rings. The lowest BCUT2D eigenvalue weighted by molar-refractivity contribution is -0.147.